The summed E-state index contributed by atoms with van der Waals surface area (Å²) in [5.74, 6) is 1.29. The molecule has 1 aliphatic rings. The lowest BCUT2D eigenvalue weighted by molar-refractivity contribution is 0.459. The first-order chi connectivity index (χ1) is 13.7. The minimum absolute atomic E-state index is 0. The highest BCUT2D eigenvalue weighted by molar-refractivity contribution is 14.0. The normalized spacial score (nSPS) is 14.7. The summed E-state index contributed by atoms with van der Waals surface area (Å²) in [6, 6.07) is 12.7. The number of hydrogen-bond acceptors (Lipinski definition) is 4. The highest BCUT2D eigenvalue weighted by atomic mass is 127. The third-order valence-corrected chi connectivity index (χ3v) is 4.74. The summed E-state index contributed by atoms with van der Waals surface area (Å²) in [4.78, 5) is 11.2. The van der Waals surface area contributed by atoms with Gasteiger partial charge in [0.2, 0.25) is 0 Å². The first-order valence-electron chi connectivity index (χ1n) is 9.59. The average Bonchev–Trinajstić information content (AvgIpc) is 2.74. The van der Waals surface area contributed by atoms with Crippen molar-refractivity contribution in [3.05, 3.63) is 59.5 Å². The van der Waals surface area contributed by atoms with Crippen LogP contribution >= 0.6 is 24.0 Å². The Balaban J connectivity index is 0.00000300. The van der Waals surface area contributed by atoms with E-state index in [9.17, 15) is 4.39 Å². The number of pyridine rings is 1. The van der Waals surface area contributed by atoms with Crippen molar-refractivity contribution in [2.75, 3.05) is 24.5 Å². The largest absolute Gasteiger partial charge is 0.357 e. The van der Waals surface area contributed by atoms with Crippen molar-refractivity contribution >= 4 is 35.8 Å². The maximum atomic E-state index is 14.1. The van der Waals surface area contributed by atoms with Gasteiger partial charge in [0, 0.05) is 37.4 Å². The van der Waals surface area contributed by atoms with Gasteiger partial charge in [-0.2, -0.15) is 5.26 Å². The fourth-order valence-electron chi connectivity index (χ4n) is 3.22. The molecular weight excluding hydrogens is 482 g/mol. The average molecular weight is 508 g/mol. The van der Waals surface area contributed by atoms with Gasteiger partial charge in [-0.25, -0.2) is 14.4 Å². The highest BCUT2D eigenvalue weighted by Crippen LogP contribution is 2.17. The van der Waals surface area contributed by atoms with Crippen LogP contribution in [0, 0.1) is 17.1 Å². The molecule has 2 heterocycles. The van der Waals surface area contributed by atoms with E-state index >= 15 is 0 Å². The Hall–Kier alpha value is -2.41. The predicted octanol–water partition coefficient (Wildman–Crippen LogP) is 3.43. The van der Waals surface area contributed by atoms with Gasteiger partial charge >= 0.3 is 0 Å². The molecule has 29 heavy (non-hydrogen) atoms. The van der Waals surface area contributed by atoms with E-state index in [4.69, 9.17) is 5.26 Å². The van der Waals surface area contributed by atoms with E-state index in [0.717, 1.165) is 38.3 Å². The molecule has 0 amide bonds. The van der Waals surface area contributed by atoms with Gasteiger partial charge in [0.15, 0.2) is 5.96 Å². The second-order valence-corrected chi connectivity index (χ2v) is 6.71. The Morgan fingerprint density at radius 3 is 2.72 bits per heavy atom. The molecule has 1 saturated heterocycles. The number of hydrogen-bond donors (Lipinski definition) is 2. The molecule has 3 rings (SSSR count). The number of nitriles is 1. The van der Waals surface area contributed by atoms with E-state index in [-0.39, 0.29) is 30.5 Å². The van der Waals surface area contributed by atoms with Crippen molar-refractivity contribution in [3.63, 3.8) is 0 Å². The summed E-state index contributed by atoms with van der Waals surface area (Å²) in [6.45, 7) is 4.81. The summed E-state index contributed by atoms with van der Waals surface area (Å²) in [5.41, 5.74) is 0.788. The summed E-state index contributed by atoms with van der Waals surface area (Å²) in [5, 5.41) is 15.5. The quantitative estimate of drug-likeness (QED) is 0.368. The van der Waals surface area contributed by atoms with Gasteiger partial charge in [-0.3, -0.25) is 0 Å². The minimum atomic E-state index is -0.401. The van der Waals surface area contributed by atoms with E-state index in [1.807, 2.05) is 37.4 Å². The van der Waals surface area contributed by atoms with Crippen LogP contribution in [0.3, 0.4) is 0 Å². The molecule has 6 nitrogen and oxygen atoms in total. The summed E-state index contributed by atoms with van der Waals surface area (Å²) >= 11 is 0. The molecule has 0 unspecified atom stereocenters. The maximum Gasteiger partial charge on any atom is 0.191 e. The third kappa shape index (κ3) is 6.56. The van der Waals surface area contributed by atoms with Crippen LogP contribution in [-0.2, 0) is 6.54 Å². The molecule has 0 bridgehead atoms. The summed E-state index contributed by atoms with van der Waals surface area (Å²) < 4.78 is 14.1. The zero-order valence-electron chi connectivity index (χ0n) is 16.4. The number of nitrogens with zero attached hydrogens (tertiary/aromatic N) is 4. The monoisotopic (exact) mass is 508 g/mol. The van der Waals surface area contributed by atoms with Crippen molar-refractivity contribution in [1.29, 1.82) is 5.26 Å². The predicted molar refractivity (Wildman–Crippen MR) is 124 cm³/mol. The molecule has 154 valence electrons. The molecule has 1 aromatic heterocycles. The lowest BCUT2D eigenvalue weighted by atomic mass is 10.1. The van der Waals surface area contributed by atoms with Gasteiger partial charge in [0.1, 0.15) is 11.6 Å². The lowest BCUT2D eigenvalue weighted by Gasteiger charge is -2.33. The number of guanidine groups is 1. The number of aromatic nitrogens is 1. The van der Waals surface area contributed by atoms with Crippen LogP contribution < -0.4 is 15.5 Å². The van der Waals surface area contributed by atoms with Crippen LogP contribution in [0.1, 0.15) is 30.9 Å². The van der Waals surface area contributed by atoms with E-state index in [0.29, 0.717) is 23.1 Å². The van der Waals surface area contributed by atoms with Crippen molar-refractivity contribution in [3.8, 4) is 6.07 Å². The van der Waals surface area contributed by atoms with E-state index in [2.05, 4.69) is 25.5 Å². The molecule has 2 aromatic rings. The van der Waals surface area contributed by atoms with Crippen molar-refractivity contribution in [1.82, 2.24) is 15.6 Å². The lowest BCUT2D eigenvalue weighted by Crippen LogP contribution is -2.48. The van der Waals surface area contributed by atoms with Gasteiger partial charge in [0.05, 0.1) is 18.2 Å². The first-order valence-corrected chi connectivity index (χ1v) is 9.59. The van der Waals surface area contributed by atoms with E-state index < -0.39 is 5.82 Å². The highest BCUT2D eigenvalue weighted by Gasteiger charge is 2.20. The maximum absolute atomic E-state index is 14.1. The molecule has 1 fully saturated rings. The number of anilines is 1. The third-order valence-electron chi connectivity index (χ3n) is 4.74. The zero-order valence-corrected chi connectivity index (χ0v) is 18.8. The van der Waals surface area contributed by atoms with Gasteiger partial charge in [-0.15, -0.1) is 24.0 Å². The van der Waals surface area contributed by atoms with Gasteiger partial charge in [-0.1, -0.05) is 12.1 Å². The van der Waals surface area contributed by atoms with Gasteiger partial charge in [-0.05, 0) is 44.0 Å². The molecule has 0 radical (unpaired) electrons. The van der Waals surface area contributed by atoms with E-state index in [1.165, 1.54) is 6.07 Å². The number of halogens is 2. The Morgan fingerprint density at radius 1 is 1.31 bits per heavy atom. The van der Waals surface area contributed by atoms with Crippen LogP contribution in [-0.4, -0.2) is 36.6 Å². The number of piperidine rings is 1. The number of aliphatic imine (C=N–C) groups is 1. The van der Waals surface area contributed by atoms with Crippen LogP contribution in [0.25, 0.3) is 0 Å². The molecule has 8 heteroatoms. The Bertz CT molecular complexity index is 844. The SMILES string of the molecule is CCNC(=NCc1ccc(C#N)cc1F)NC1CCN(c2ccccn2)CC1.I. The topological polar surface area (TPSA) is 76.3 Å². The number of benzene rings is 1. The van der Waals surface area contributed by atoms with Crippen LogP contribution in [0.5, 0.6) is 0 Å². The zero-order chi connectivity index (χ0) is 19.8. The molecule has 0 saturated carbocycles. The Labute approximate surface area is 188 Å². The molecule has 0 aliphatic carbocycles. The smallest absolute Gasteiger partial charge is 0.191 e. The molecule has 2 N–H and O–H groups in total. The van der Waals surface area contributed by atoms with Crippen LogP contribution in [0.4, 0.5) is 10.2 Å². The fraction of sp³-hybridized carbons (Fsp3) is 0.381. The Morgan fingerprint density at radius 2 is 2.10 bits per heavy atom. The van der Waals surface area contributed by atoms with Crippen molar-refractivity contribution in [2.24, 2.45) is 4.99 Å². The molecule has 0 spiro atoms. The number of nitrogens with one attached hydrogen (secondary N) is 2. The molecule has 1 aromatic carbocycles. The number of rotatable bonds is 5. The summed E-state index contributed by atoms with van der Waals surface area (Å²) in [7, 11) is 0. The van der Waals surface area contributed by atoms with Crippen LogP contribution in [0.2, 0.25) is 0 Å². The second kappa shape index (κ2) is 11.6. The van der Waals surface area contributed by atoms with Crippen LogP contribution in [0.15, 0.2) is 47.6 Å². The van der Waals surface area contributed by atoms with Crippen molar-refractivity contribution < 1.29 is 4.39 Å². The molecule has 1 aliphatic heterocycles. The minimum Gasteiger partial charge on any atom is -0.357 e. The van der Waals surface area contributed by atoms with Crippen molar-refractivity contribution in [2.45, 2.75) is 32.4 Å². The van der Waals surface area contributed by atoms with Gasteiger partial charge < -0.3 is 15.5 Å². The Kier molecular flexibility index (Phi) is 9.12. The first kappa shape index (κ1) is 22.9. The summed E-state index contributed by atoms with van der Waals surface area (Å²) in [6.07, 6.45) is 3.77. The standard InChI is InChI=1S/C21H25FN6.HI/c1-2-24-21(26-15-17-7-6-16(14-23)13-19(17)22)27-18-8-11-28(12-9-18)20-5-3-4-10-25-20;/h3-7,10,13,18H,2,8-9,11-12,15H2,1H3,(H2,24,26,27);1H. The fourth-order valence-corrected chi connectivity index (χ4v) is 3.22. The van der Waals surface area contributed by atoms with Gasteiger partial charge in [0.25, 0.3) is 0 Å². The molecular formula is C21H26FIN6. The second-order valence-electron chi connectivity index (χ2n) is 6.71. The molecule has 0 atom stereocenters. The van der Waals surface area contributed by atoms with E-state index in [1.54, 1.807) is 12.1 Å².